The molecular weight excluding hydrogens is 915 g/mol. The summed E-state index contributed by atoms with van der Waals surface area (Å²) in [6.07, 6.45) is -5.20. The number of nitrogens with zero attached hydrogens (tertiary/aromatic N) is 4. The normalized spacial score (nSPS) is 20.7. The number of aliphatic hydroxyl groups is 2. The summed E-state index contributed by atoms with van der Waals surface area (Å²) in [5.41, 5.74) is 4.38. The molecule has 0 aliphatic carbocycles. The van der Waals surface area contributed by atoms with Crippen LogP contribution in [-0.2, 0) is 50.7 Å². The van der Waals surface area contributed by atoms with E-state index in [1.54, 1.807) is 0 Å². The van der Waals surface area contributed by atoms with Crippen LogP contribution in [0, 0.1) is 5.41 Å². The highest BCUT2D eigenvalue weighted by Gasteiger charge is 2.47. The number of phenols is 2. The number of phosphoric ester groups is 3. The number of benzene rings is 1. The number of methoxy groups -OCH3 is 1. The number of rotatable bonds is 22. The molecule has 3 aromatic rings. The van der Waals surface area contributed by atoms with Crippen LogP contribution >= 0.6 is 35.2 Å². The van der Waals surface area contributed by atoms with Gasteiger partial charge in [0.15, 0.2) is 29.2 Å². The molecule has 344 valence electrons. The minimum atomic E-state index is -5.94. The van der Waals surface area contributed by atoms with Crippen LogP contribution in [0.15, 0.2) is 30.9 Å². The molecule has 31 heteroatoms. The molecular formula is C31H40N7O20P3S-4. The van der Waals surface area contributed by atoms with Crippen molar-refractivity contribution in [3.63, 3.8) is 0 Å². The highest BCUT2D eigenvalue weighted by atomic mass is 32.2. The number of aromatic nitrogens is 4. The average Bonchev–Trinajstić information content (AvgIpc) is 3.74. The third kappa shape index (κ3) is 14.2. The molecule has 62 heavy (non-hydrogen) atoms. The van der Waals surface area contributed by atoms with E-state index in [1.807, 2.05) is 0 Å². The number of phenolic OH excluding ortho intramolecular Hbond substituents is 2. The second-order valence-corrected chi connectivity index (χ2v) is 18.7. The maximum atomic E-state index is 12.6. The third-order valence-corrected chi connectivity index (χ3v) is 12.3. The molecule has 0 bridgehead atoms. The van der Waals surface area contributed by atoms with Crippen molar-refractivity contribution in [3.8, 4) is 17.2 Å². The van der Waals surface area contributed by atoms with Gasteiger partial charge in [0, 0.05) is 30.7 Å². The predicted octanol–water partition coefficient (Wildman–Crippen LogP) is -2.73. The van der Waals surface area contributed by atoms with E-state index in [2.05, 4.69) is 43.5 Å². The summed E-state index contributed by atoms with van der Waals surface area (Å²) < 4.78 is 65.5. The van der Waals surface area contributed by atoms with Crippen LogP contribution < -0.4 is 40.7 Å². The van der Waals surface area contributed by atoms with Crippen LogP contribution in [0.25, 0.3) is 17.2 Å². The van der Waals surface area contributed by atoms with Crippen LogP contribution in [-0.4, -0.2) is 120 Å². The number of nitrogens with one attached hydrogen (secondary N) is 2. The zero-order valence-corrected chi connectivity index (χ0v) is 36.0. The fourth-order valence-corrected chi connectivity index (χ4v) is 8.64. The summed E-state index contributed by atoms with van der Waals surface area (Å²) in [7, 11) is -16.4. The van der Waals surface area contributed by atoms with Gasteiger partial charge in [0.05, 0.1) is 34.5 Å². The van der Waals surface area contributed by atoms with Crippen LogP contribution in [0.2, 0.25) is 0 Å². The van der Waals surface area contributed by atoms with Crippen molar-refractivity contribution in [2.24, 2.45) is 5.41 Å². The van der Waals surface area contributed by atoms with Crippen molar-refractivity contribution in [1.82, 2.24) is 30.2 Å². The fraction of sp³-hybridized carbons (Fsp3) is 0.484. The smallest absolute Gasteiger partial charge is 0.274 e. The Labute approximate surface area is 355 Å². The maximum absolute atomic E-state index is 12.6. The van der Waals surface area contributed by atoms with Gasteiger partial charge in [-0.2, -0.15) is 0 Å². The third-order valence-electron chi connectivity index (χ3n) is 8.43. The molecule has 2 amide bonds. The Kier molecular flexibility index (Phi) is 17.2. The van der Waals surface area contributed by atoms with Gasteiger partial charge in [0.1, 0.15) is 36.3 Å². The van der Waals surface area contributed by atoms with Gasteiger partial charge in [-0.15, -0.1) is 0 Å². The Balaban J connectivity index is 1.20. The second kappa shape index (κ2) is 21.1. The lowest BCUT2D eigenvalue weighted by Crippen LogP contribution is -2.46. The summed E-state index contributed by atoms with van der Waals surface area (Å²) in [5, 5.41) is 45.2. The van der Waals surface area contributed by atoms with E-state index < -0.39 is 96.1 Å². The number of carbonyl (C=O) groups excluding carboxylic acids is 3. The number of carbonyl (C=O) groups is 3. The first-order chi connectivity index (χ1) is 28.8. The molecule has 0 spiro atoms. The number of hydrogen-bond donors (Lipinski definition) is 7. The molecule has 2 unspecified atom stereocenters. The number of imidazole rings is 1. The number of aromatic hydroxyl groups is 2. The van der Waals surface area contributed by atoms with Crippen molar-refractivity contribution >= 4 is 75.2 Å². The first kappa shape index (κ1) is 50.6. The van der Waals surface area contributed by atoms with Crippen LogP contribution in [0.5, 0.6) is 17.2 Å². The highest BCUT2D eigenvalue weighted by molar-refractivity contribution is 8.14. The number of ether oxygens (including phenoxy) is 2. The number of phosphoric acid groups is 3. The van der Waals surface area contributed by atoms with Gasteiger partial charge < -0.3 is 84.0 Å². The SMILES string of the molecule is COc1cc(/C=C/C(=O)SCCNC(=O)CCNC(=O)[C@H](O)C(C)(C)COP(=O)([O-])OP(=O)([O-])OC[C@H]2O[C@@H](n3cnc4c(N)ncnc43)[C@H](O)[C@@H]2OP(=O)([O-])[O-])cc(O)c1O. The monoisotopic (exact) mass is 955 g/mol. The number of nitrogen functional groups attached to an aromatic ring is 1. The van der Waals surface area contributed by atoms with E-state index in [4.69, 9.17) is 15.2 Å². The summed E-state index contributed by atoms with van der Waals surface area (Å²) in [6.45, 7) is -0.200. The van der Waals surface area contributed by atoms with Gasteiger partial charge in [0.25, 0.3) is 15.6 Å². The topological polar surface area (TPSA) is 425 Å². The van der Waals surface area contributed by atoms with Crippen LogP contribution in [0.3, 0.4) is 0 Å². The largest absolute Gasteiger partial charge is 0.790 e. The van der Waals surface area contributed by atoms with Crippen molar-refractivity contribution in [1.29, 1.82) is 0 Å². The molecule has 1 aliphatic heterocycles. The summed E-state index contributed by atoms with van der Waals surface area (Å²) in [4.78, 5) is 96.5. The molecule has 0 saturated carbocycles. The molecule has 1 aromatic carbocycles. The van der Waals surface area contributed by atoms with Gasteiger partial charge >= 0.3 is 0 Å². The minimum absolute atomic E-state index is 0.00368. The highest BCUT2D eigenvalue weighted by Crippen LogP contribution is 2.56. The first-order valence-corrected chi connectivity index (χ1v) is 23.0. The molecule has 27 nitrogen and oxygen atoms in total. The molecule has 7 atom stereocenters. The molecule has 4 rings (SSSR count). The Morgan fingerprint density at radius 2 is 1.76 bits per heavy atom. The van der Waals surface area contributed by atoms with E-state index in [9.17, 15) is 68.1 Å². The molecule has 2 aromatic heterocycles. The molecule has 3 heterocycles. The lowest BCUT2D eigenvalue weighted by Gasteiger charge is -2.36. The number of thioether (sulfide) groups is 1. The van der Waals surface area contributed by atoms with E-state index in [0.717, 1.165) is 29.0 Å². The Morgan fingerprint density at radius 3 is 2.44 bits per heavy atom. The van der Waals surface area contributed by atoms with Crippen molar-refractivity contribution in [3.05, 3.63) is 36.4 Å². The van der Waals surface area contributed by atoms with Crippen molar-refractivity contribution < 1.29 is 95.4 Å². The Hall–Kier alpha value is -4.08. The number of aliphatic hydroxyl groups excluding tert-OH is 2. The number of nitrogens with two attached hydrogens (primary N) is 1. The van der Waals surface area contributed by atoms with Gasteiger partial charge in [-0.05, 0) is 23.8 Å². The lowest BCUT2D eigenvalue weighted by molar-refractivity contribution is -0.347. The Bertz CT molecular complexity index is 2280. The average molecular weight is 956 g/mol. The molecule has 1 aliphatic rings. The van der Waals surface area contributed by atoms with E-state index in [0.29, 0.717) is 5.56 Å². The van der Waals surface area contributed by atoms with Crippen molar-refractivity contribution in [2.75, 3.05) is 44.9 Å². The summed E-state index contributed by atoms with van der Waals surface area (Å²) in [5.74, 6) is -2.41. The van der Waals surface area contributed by atoms with Gasteiger partial charge in [0.2, 0.25) is 22.7 Å². The van der Waals surface area contributed by atoms with Gasteiger partial charge in [-0.25, -0.2) is 19.3 Å². The Morgan fingerprint density at radius 1 is 1.06 bits per heavy atom. The predicted molar refractivity (Wildman–Crippen MR) is 204 cm³/mol. The van der Waals surface area contributed by atoms with Crippen molar-refractivity contribution in [2.45, 2.75) is 50.9 Å². The molecule has 0 radical (unpaired) electrons. The maximum Gasteiger partial charge on any atom is 0.274 e. The second-order valence-electron chi connectivity index (χ2n) is 13.6. The van der Waals surface area contributed by atoms with Gasteiger partial charge in [-0.1, -0.05) is 31.7 Å². The number of anilines is 1. The zero-order valence-electron chi connectivity index (χ0n) is 32.5. The number of amides is 2. The molecule has 1 fully saturated rings. The van der Waals surface area contributed by atoms with E-state index in [1.165, 1.54) is 45.2 Å². The summed E-state index contributed by atoms with van der Waals surface area (Å²) in [6, 6.07) is 2.62. The van der Waals surface area contributed by atoms with Crippen LogP contribution in [0.1, 0.15) is 32.1 Å². The quantitative estimate of drug-likeness (QED) is 0.0233. The zero-order chi connectivity index (χ0) is 46.2. The molecule has 1 saturated heterocycles. The number of hydrogen-bond acceptors (Lipinski definition) is 25. The van der Waals surface area contributed by atoms with Crippen LogP contribution in [0.4, 0.5) is 5.82 Å². The fourth-order valence-electron chi connectivity index (χ4n) is 5.34. The molecule has 8 N–H and O–H groups in total. The number of fused-ring (bicyclic) bond motifs is 1. The van der Waals surface area contributed by atoms with E-state index in [-0.39, 0.29) is 53.1 Å². The first-order valence-electron chi connectivity index (χ1n) is 17.6. The minimum Gasteiger partial charge on any atom is -0.790 e. The lowest BCUT2D eigenvalue weighted by atomic mass is 9.87. The standard InChI is InChI=1S/C31H44N7O20P3S/c1-31(2,26(44)29(45)34-7-6-20(40)33-8-9-62-21(41)5-4-16-10-17(39)23(42)18(11-16)53-3)13-55-61(51,52)58-60(49,50)54-12-19-25(57-59(46,47)48)24(43)30(56-19)38-15-37-22-27(32)35-14-36-28(22)38/h4-5,10-11,14-15,19,24-26,30,39,42-44H,6-9,12-13H2,1-3H3,(H,33,40)(H,34,45)(H,49,50)(H,51,52)(H2,32,35,36)(H2,46,47,48)/p-4/b5-4+/t19-,24-,25-,26+,30-/m1/s1. The summed E-state index contributed by atoms with van der Waals surface area (Å²) >= 11 is 0.865. The van der Waals surface area contributed by atoms with Gasteiger partial charge in [-0.3, -0.25) is 28.1 Å². The van der Waals surface area contributed by atoms with E-state index >= 15 is 0 Å².